The van der Waals surface area contributed by atoms with Crippen LogP contribution in [0.2, 0.25) is 0 Å². The third kappa shape index (κ3) is 2.97. The highest BCUT2D eigenvalue weighted by molar-refractivity contribution is 5.94. The first-order valence-electron chi connectivity index (χ1n) is 5.94. The smallest absolute Gasteiger partial charge is 0.159 e. The van der Waals surface area contributed by atoms with Gasteiger partial charge in [0.1, 0.15) is 5.76 Å². The van der Waals surface area contributed by atoms with Gasteiger partial charge in [-0.2, -0.15) is 0 Å². The average molecular weight is 222 g/mol. The minimum atomic E-state index is 0.132. The molecule has 0 fully saturated rings. The molecule has 0 amide bonds. The van der Waals surface area contributed by atoms with E-state index in [1.165, 1.54) is 5.57 Å². The van der Waals surface area contributed by atoms with Gasteiger partial charge >= 0.3 is 0 Å². The minimum absolute atomic E-state index is 0.132. The lowest BCUT2D eigenvalue weighted by Crippen LogP contribution is -2.16. The van der Waals surface area contributed by atoms with Crippen LogP contribution in [0.5, 0.6) is 0 Å². The van der Waals surface area contributed by atoms with E-state index in [9.17, 15) is 4.79 Å². The molecule has 0 heterocycles. The predicted molar refractivity (Wildman–Crippen MR) is 66.1 cm³/mol. The third-order valence-electron chi connectivity index (χ3n) is 2.94. The molecule has 0 atom stereocenters. The van der Waals surface area contributed by atoms with Gasteiger partial charge in [-0.1, -0.05) is 26.3 Å². The van der Waals surface area contributed by atoms with E-state index in [1.807, 2.05) is 6.92 Å². The highest BCUT2D eigenvalue weighted by Gasteiger charge is 2.24. The minimum Gasteiger partial charge on any atom is -0.493 e. The molecule has 90 valence electrons. The van der Waals surface area contributed by atoms with Crippen LogP contribution in [-0.4, -0.2) is 12.4 Å². The van der Waals surface area contributed by atoms with E-state index < -0.39 is 0 Å². The van der Waals surface area contributed by atoms with Crippen LogP contribution in [0.25, 0.3) is 0 Å². The van der Waals surface area contributed by atoms with E-state index in [1.54, 1.807) is 6.92 Å². The molecule has 0 aromatic carbocycles. The van der Waals surface area contributed by atoms with E-state index in [2.05, 4.69) is 26.8 Å². The fourth-order valence-electron chi connectivity index (χ4n) is 1.93. The van der Waals surface area contributed by atoms with Gasteiger partial charge in [0.05, 0.1) is 6.61 Å². The van der Waals surface area contributed by atoms with E-state index in [0.29, 0.717) is 6.61 Å². The number of carbonyl (C=O) groups excluding carboxylic acids is 1. The van der Waals surface area contributed by atoms with Crippen molar-refractivity contribution in [2.24, 2.45) is 5.41 Å². The quantitative estimate of drug-likeness (QED) is 0.729. The van der Waals surface area contributed by atoms with E-state index >= 15 is 0 Å². The van der Waals surface area contributed by atoms with Crippen LogP contribution >= 0.6 is 0 Å². The van der Waals surface area contributed by atoms with Crippen molar-refractivity contribution >= 4 is 5.78 Å². The zero-order valence-corrected chi connectivity index (χ0v) is 11.0. The second kappa shape index (κ2) is 4.86. The Hall–Kier alpha value is -1.05. The Morgan fingerprint density at radius 3 is 2.44 bits per heavy atom. The summed E-state index contributed by atoms with van der Waals surface area (Å²) in [6.07, 6.45) is 3.84. The predicted octanol–water partition coefficient (Wildman–Crippen LogP) is 3.63. The van der Waals surface area contributed by atoms with Crippen molar-refractivity contribution in [1.29, 1.82) is 0 Å². The van der Waals surface area contributed by atoms with Crippen molar-refractivity contribution in [1.82, 2.24) is 0 Å². The van der Waals surface area contributed by atoms with Gasteiger partial charge in [-0.15, -0.1) is 0 Å². The fraction of sp³-hybridized carbons (Fsp3) is 0.643. The number of allylic oxidation sites excluding steroid dienone is 3. The maximum absolute atomic E-state index is 11.5. The molecule has 0 saturated carbocycles. The maximum Gasteiger partial charge on any atom is 0.159 e. The van der Waals surface area contributed by atoms with Crippen molar-refractivity contribution in [2.45, 2.75) is 47.5 Å². The molecule has 0 N–H and O–H groups in total. The molecule has 2 nitrogen and oxygen atoms in total. The van der Waals surface area contributed by atoms with Crippen LogP contribution in [0.15, 0.2) is 23.0 Å². The van der Waals surface area contributed by atoms with Crippen LogP contribution in [0, 0.1) is 5.41 Å². The first-order chi connectivity index (χ1) is 7.36. The second-order valence-corrected chi connectivity index (χ2v) is 5.25. The maximum atomic E-state index is 11.5. The normalized spacial score (nSPS) is 17.2. The standard InChI is InChI=1S/C14H22O2/c1-6-16-13-9-11(14(3,4)5)7-8-12(13)10(2)15/h9H,6-8H2,1-5H3. The second-order valence-electron chi connectivity index (χ2n) is 5.25. The summed E-state index contributed by atoms with van der Waals surface area (Å²) in [7, 11) is 0. The summed E-state index contributed by atoms with van der Waals surface area (Å²) in [5.41, 5.74) is 2.36. The Kier molecular flexibility index (Phi) is 3.95. The zero-order valence-electron chi connectivity index (χ0n) is 11.0. The molecule has 1 rings (SSSR count). The van der Waals surface area contributed by atoms with Gasteiger partial charge in [-0.05, 0) is 38.2 Å². The van der Waals surface area contributed by atoms with Gasteiger partial charge in [-0.25, -0.2) is 0 Å². The summed E-state index contributed by atoms with van der Waals surface area (Å²) in [6.45, 7) is 10.8. The van der Waals surface area contributed by atoms with Gasteiger partial charge in [0, 0.05) is 5.57 Å². The van der Waals surface area contributed by atoms with Crippen molar-refractivity contribution in [2.75, 3.05) is 6.61 Å². The lowest BCUT2D eigenvalue weighted by Gasteiger charge is -2.27. The molecule has 2 heteroatoms. The first kappa shape index (κ1) is 13.0. The summed E-state index contributed by atoms with van der Waals surface area (Å²) >= 11 is 0. The van der Waals surface area contributed by atoms with Gasteiger partial charge in [0.15, 0.2) is 5.78 Å². The Morgan fingerprint density at radius 1 is 1.38 bits per heavy atom. The van der Waals surface area contributed by atoms with Crippen LogP contribution < -0.4 is 0 Å². The molecule has 0 aromatic rings. The molecule has 0 aliphatic heterocycles. The van der Waals surface area contributed by atoms with Crippen molar-refractivity contribution in [3.8, 4) is 0 Å². The molecule has 16 heavy (non-hydrogen) atoms. The summed E-state index contributed by atoms with van der Waals surface area (Å²) in [5.74, 6) is 0.916. The fourth-order valence-corrected chi connectivity index (χ4v) is 1.93. The molecule has 0 radical (unpaired) electrons. The number of rotatable bonds is 3. The molecule has 0 unspecified atom stereocenters. The molecule has 1 aliphatic carbocycles. The zero-order chi connectivity index (χ0) is 12.3. The number of hydrogen-bond donors (Lipinski definition) is 0. The summed E-state index contributed by atoms with van der Waals surface area (Å²) in [4.78, 5) is 11.5. The Morgan fingerprint density at radius 2 is 2.00 bits per heavy atom. The van der Waals surface area contributed by atoms with Crippen molar-refractivity contribution in [3.05, 3.63) is 23.0 Å². The Balaban J connectivity index is 3.07. The van der Waals surface area contributed by atoms with Crippen LogP contribution in [0.1, 0.15) is 47.5 Å². The highest BCUT2D eigenvalue weighted by Crippen LogP contribution is 2.35. The molecule has 0 aromatic heterocycles. The van der Waals surface area contributed by atoms with Crippen molar-refractivity contribution < 1.29 is 9.53 Å². The topological polar surface area (TPSA) is 26.3 Å². The number of Topliss-reactive ketones (excluding diaryl/α,β-unsaturated/α-hetero) is 1. The molecular formula is C14H22O2. The van der Waals surface area contributed by atoms with Crippen LogP contribution in [-0.2, 0) is 9.53 Å². The number of ether oxygens (including phenoxy) is 1. The van der Waals surface area contributed by atoms with E-state index in [-0.39, 0.29) is 11.2 Å². The van der Waals surface area contributed by atoms with Crippen LogP contribution in [0.3, 0.4) is 0 Å². The van der Waals surface area contributed by atoms with Gasteiger partial charge in [-0.3, -0.25) is 4.79 Å². The molecule has 1 aliphatic rings. The number of carbonyl (C=O) groups is 1. The summed E-state index contributed by atoms with van der Waals surface area (Å²) < 4.78 is 5.56. The first-order valence-corrected chi connectivity index (χ1v) is 5.94. The van der Waals surface area contributed by atoms with E-state index in [4.69, 9.17) is 4.74 Å². The largest absolute Gasteiger partial charge is 0.493 e. The monoisotopic (exact) mass is 222 g/mol. The Bertz CT molecular complexity index is 340. The SMILES string of the molecule is CCOC1=C(C(C)=O)CCC(C(C)(C)C)=C1. The Labute approximate surface area is 98.4 Å². The summed E-state index contributed by atoms with van der Waals surface area (Å²) in [6, 6.07) is 0. The number of ketones is 1. The lowest BCUT2D eigenvalue weighted by atomic mass is 9.79. The number of hydrogen-bond acceptors (Lipinski definition) is 2. The average Bonchev–Trinajstić information content (AvgIpc) is 2.16. The van der Waals surface area contributed by atoms with Gasteiger partial charge in [0.2, 0.25) is 0 Å². The highest BCUT2D eigenvalue weighted by atomic mass is 16.5. The van der Waals surface area contributed by atoms with Gasteiger partial charge in [0.25, 0.3) is 0 Å². The summed E-state index contributed by atoms with van der Waals surface area (Å²) in [5, 5.41) is 0. The van der Waals surface area contributed by atoms with Crippen LogP contribution in [0.4, 0.5) is 0 Å². The molecule has 0 saturated heterocycles. The molecular weight excluding hydrogens is 200 g/mol. The lowest BCUT2D eigenvalue weighted by molar-refractivity contribution is -0.114. The molecule has 0 bridgehead atoms. The van der Waals surface area contributed by atoms with E-state index in [0.717, 1.165) is 24.2 Å². The third-order valence-corrected chi connectivity index (χ3v) is 2.94. The van der Waals surface area contributed by atoms with Crippen molar-refractivity contribution in [3.63, 3.8) is 0 Å². The van der Waals surface area contributed by atoms with Gasteiger partial charge < -0.3 is 4.74 Å². The molecule has 0 spiro atoms.